The second kappa shape index (κ2) is 9.11. The molecule has 0 aliphatic carbocycles. The molecule has 2 rings (SSSR count). The van der Waals surface area contributed by atoms with Crippen molar-refractivity contribution in [2.24, 2.45) is 11.8 Å². The minimum absolute atomic E-state index is 0.151. The Morgan fingerprint density at radius 1 is 1.38 bits per heavy atom. The topological polar surface area (TPSA) is 77.0 Å². The third-order valence-electron chi connectivity index (χ3n) is 4.34. The quantitative estimate of drug-likeness (QED) is 0.744. The Kier molecular flexibility index (Phi) is 7.15. The first-order valence-electron chi connectivity index (χ1n) is 7.98. The summed E-state index contributed by atoms with van der Waals surface area (Å²) < 4.78 is 15.8. The summed E-state index contributed by atoms with van der Waals surface area (Å²) >= 11 is 6.19. The monoisotopic (exact) mass is 357 g/mol. The molecule has 1 heterocycles. The lowest BCUT2D eigenvalue weighted by molar-refractivity contribution is -0.144. The van der Waals surface area contributed by atoms with E-state index in [0.29, 0.717) is 42.8 Å². The summed E-state index contributed by atoms with van der Waals surface area (Å²) in [5.74, 6) is 0.0246. The van der Waals surface area contributed by atoms with Crippen LogP contribution < -0.4 is 14.8 Å². The fourth-order valence-electron chi connectivity index (χ4n) is 3.02. The number of ether oxygens (including phenoxy) is 3. The maximum absolute atomic E-state index is 11.5. The van der Waals surface area contributed by atoms with Crippen molar-refractivity contribution < 1.29 is 24.1 Å². The number of hydrogen-bond donors (Lipinski definition) is 2. The first-order chi connectivity index (χ1) is 11.6. The van der Waals surface area contributed by atoms with Gasteiger partial charge in [0.25, 0.3) is 0 Å². The minimum Gasteiger partial charge on any atom is -0.493 e. The lowest BCUT2D eigenvalue weighted by atomic mass is 9.86. The van der Waals surface area contributed by atoms with Crippen LogP contribution in [-0.2, 0) is 16.1 Å². The molecule has 1 aromatic rings. The maximum atomic E-state index is 11.5. The van der Waals surface area contributed by atoms with Crippen molar-refractivity contribution >= 4 is 17.6 Å². The van der Waals surface area contributed by atoms with E-state index in [9.17, 15) is 9.90 Å². The van der Waals surface area contributed by atoms with E-state index in [2.05, 4.69) is 5.32 Å². The zero-order chi connectivity index (χ0) is 17.5. The molecule has 1 saturated heterocycles. The van der Waals surface area contributed by atoms with Crippen LogP contribution in [0.2, 0.25) is 5.02 Å². The molecule has 1 aliphatic heterocycles. The van der Waals surface area contributed by atoms with Gasteiger partial charge in [-0.15, -0.1) is 0 Å². The van der Waals surface area contributed by atoms with Crippen molar-refractivity contribution in [3.8, 4) is 11.5 Å². The van der Waals surface area contributed by atoms with Crippen LogP contribution in [0, 0.1) is 11.8 Å². The zero-order valence-electron chi connectivity index (χ0n) is 14.0. The molecule has 1 unspecified atom stereocenters. The number of halogens is 1. The summed E-state index contributed by atoms with van der Waals surface area (Å²) in [5, 5.41) is 13.2. The smallest absolute Gasteiger partial charge is 0.308 e. The van der Waals surface area contributed by atoms with Crippen LogP contribution in [0.5, 0.6) is 11.5 Å². The Hall–Kier alpha value is -1.50. The van der Waals surface area contributed by atoms with Crippen LogP contribution in [0.15, 0.2) is 12.1 Å². The highest BCUT2D eigenvalue weighted by molar-refractivity contribution is 6.32. The van der Waals surface area contributed by atoms with Crippen LogP contribution in [0.1, 0.15) is 18.4 Å². The van der Waals surface area contributed by atoms with Gasteiger partial charge in [-0.2, -0.15) is 0 Å². The van der Waals surface area contributed by atoms with Crippen molar-refractivity contribution in [1.82, 2.24) is 5.32 Å². The van der Waals surface area contributed by atoms with Crippen molar-refractivity contribution in [1.29, 1.82) is 0 Å². The van der Waals surface area contributed by atoms with Gasteiger partial charge in [0.15, 0.2) is 11.5 Å². The van der Waals surface area contributed by atoms with Gasteiger partial charge in [-0.1, -0.05) is 11.6 Å². The Morgan fingerprint density at radius 2 is 2.08 bits per heavy atom. The minimum atomic E-state index is -0.764. The summed E-state index contributed by atoms with van der Waals surface area (Å²) in [4.78, 5) is 11.5. The first kappa shape index (κ1) is 18.8. The number of benzene rings is 1. The molecule has 134 valence electrons. The van der Waals surface area contributed by atoms with Crippen molar-refractivity contribution in [2.45, 2.75) is 19.4 Å². The lowest BCUT2D eigenvalue weighted by Gasteiger charge is -2.27. The van der Waals surface area contributed by atoms with E-state index in [0.717, 1.165) is 18.4 Å². The van der Waals surface area contributed by atoms with Crippen molar-refractivity contribution in [3.63, 3.8) is 0 Å². The molecular formula is C17H24ClNO5. The number of rotatable bonds is 8. The maximum Gasteiger partial charge on any atom is 0.308 e. The Balaban J connectivity index is 1.96. The predicted molar refractivity (Wildman–Crippen MR) is 90.9 cm³/mol. The van der Waals surface area contributed by atoms with E-state index in [1.165, 1.54) is 7.11 Å². The van der Waals surface area contributed by atoms with E-state index < -0.39 is 11.9 Å². The number of nitrogens with one attached hydrogen (secondary N) is 1. The van der Waals surface area contributed by atoms with Crippen molar-refractivity contribution in [2.75, 3.05) is 34.0 Å². The molecule has 0 radical (unpaired) electrons. The SMILES string of the molecule is COc1cc(CNCC(C(=O)O)C2CCOCC2)cc(Cl)c1OC. The molecular weight excluding hydrogens is 334 g/mol. The highest BCUT2D eigenvalue weighted by Crippen LogP contribution is 2.36. The standard InChI is InChI=1S/C17H24ClNO5/c1-22-15-8-11(7-14(18)16(15)23-2)9-19-10-13(17(20)21)12-3-5-24-6-4-12/h7-8,12-13,19H,3-6,9-10H2,1-2H3,(H,20,21). The largest absolute Gasteiger partial charge is 0.493 e. The van der Waals surface area contributed by atoms with Crippen molar-refractivity contribution in [3.05, 3.63) is 22.7 Å². The van der Waals surface area contributed by atoms with Gasteiger partial charge < -0.3 is 24.6 Å². The second-order valence-corrected chi connectivity index (χ2v) is 6.25. The average Bonchev–Trinajstić information content (AvgIpc) is 2.58. The molecule has 2 N–H and O–H groups in total. The van der Waals surface area contributed by atoms with Crippen LogP contribution in [-0.4, -0.2) is 45.1 Å². The van der Waals surface area contributed by atoms with Gasteiger partial charge in [-0.25, -0.2) is 0 Å². The molecule has 1 aliphatic rings. The average molecular weight is 358 g/mol. The molecule has 0 aromatic heterocycles. The van der Waals surface area contributed by atoms with E-state index in [4.69, 9.17) is 25.8 Å². The third-order valence-corrected chi connectivity index (χ3v) is 4.62. The number of hydrogen-bond acceptors (Lipinski definition) is 5. The third kappa shape index (κ3) is 4.75. The molecule has 0 bridgehead atoms. The summed E-state index contributed by atoms with van der Waals surface area (Å²) in [6, 6.07) is 3.63. The highest BCUT2D eigenvalue weighted by Gasteiger charge is 2.29. The van der Waals surface area contributed by atoms with Crippen LogP contribution in [0.4, 0.5) is 0 Å². The van der Waals surface area contributed by atoms with Gasteiger partial charge in [0.05, 0.1) is 25.2 Å². The van der Waals surface area contributed by atoms with E-state index in [1.807, 2.05) is 6.07 Å². The van der Waals surface area contributed by atoms with E-state index >= 15 is 0 Å². The molecule has 7 heteroatoms. The molecule has 1 aromatic carbocycles. The van der Waals surface area contributed by atoms with Crippen LogP contribution in [0.25, 0.3) is 0 Å². The fraction of sp³-hybridized carbons (Fsp3) is 0.588. The summed E-state index contributed by atoms with van der Waals surface area (Å²) in [7, 11) is 3.09. The summed E-state index contributed by atoms with van der Waals surface area (Å²) in [6.45, 7) is 2.19. The number of carboxylic acids is 1. The number of carboxylic acid groups (broad SMARTS) is 1. The number of aliphatic carboxylic acids is 1. The first-order valence-corrected chi connectivity index (χ1v) is 8.36. The van der Waals surface area contributed by atoms with E-state index in [1.54, 1.807) is 13.2 Å². The molecule has 0 saturated carbocycles. The molecule has 24 heavy (non-hydrogen) atoms. The Bertz CT molecular complexity index is 560. The van der Waals surface area contributed by atoms with Gasteiger partial charge in [-0.05, 0) is 36.5 Å². The predicted octanol–water partition coefficient (Wildman–Crippen LogP) is 2.57. The van der Waals surface area contributed by atoms with Gasteiger partial charge in [0.1, 0.15) is 0 Å². The normalized spacial score (nSPS) is 16.6. The van der Waals surface area contributed by atoms with E-state index in [-0.39, 0.29) is 5.92 Å². The molecule has 1 fully saturated rings. The second-order valence-electron chi connectivity index (χ2n) is 5.84. The summed E-state index contributed by atoms with van der Waals surface area (Å²) in [6.07, 6.45) is 1.58. The summed E-state index contributed by atoms with van der Waals surface area (Å²) in [5.41, 5.74) is 0.911. The molecule has 0 amide bonds. The highest BCUT2D eigenvalue weighted by atomic mass is 35.5. The number of methoxy groups -OCH3 is 2. The van der Waals surface area contributed by atoms with Gasteiger partial charge in [0, 0.05) is 26.3 Å². The van der Waals surface area contributed by atoms with Gasteiger partial charge >= 0.3 is 5.97 Å². The molecule has 0 spiro atoms. The van der Waals surface area contributed by atoms with Crippen LogP contribution >= 0.6 is 11.6 Å². The Labute approximate surface area is 147 Å². The lowest BCUT2D eigenvalue weighted by Crippen LogP contribution is -2.36. The molecule has 1 atom stereocenters. The van der Waals surface area contributed by atoms with Gasteiger partial charge in [-0.3, -0.25) is 4.79 Å². The fourth-order valence-corrected chi connectivity index (χ4v) is 3.33. The van der Waals surface area contributed by atoms with Gasteiger partial charge in [0.2, 0.25) is 0 Å². The number of carbonyl (C=O) groups is 1. The molecule has 6 nitrogen and oxygen atoms in total. The Morgan fingerprint density at radius 3 is 2.67 bits per heavy atom. The zero-order valence-corrected chi connectivity index (χ0v) is 14.8. The van der Waals surface area contributed by atoms with Crippen LogP contribution in [0.3, 0.4) is 0 Å².